The van der Waals surface area contributed by atoms with Gasteiger partial charge in [-0.2, -0.15) is 0 Å². The monoisotopic (exact) mass is 659 g/mol. The van der Waals surface area contributed by atoms with Crippen LogP contribution in [-0.2, 0) is 5.41 Å². The predicted octanol–water partition coefficient (Wildman–Crippen LogP) is 13.5. The lowest BCUT2D eigenvalue weighted by Gasteiger charge is -2.32. The minimum Gasteiger partial charge on any atom is -0.310 e. The van der Waals surface area contributed by atoms with Crippen LogP contribution < -0.4 is 4.90 Å². The second-order valence-electron chi connectivity index (χ2n) is 14.1. The number of rotatable bonds is 4. The van der Waals surface area contributed by atoms with E-state index >= 15 is 0 Å². The first-order valence-electron chi connectivity index (χ1n) is 18.1. The second kappa shape index (κ2) is 11.2. The molecular formula is C51H33N. The zero-order chi connectivity index (χ0) is 34.2. The lowest BCUT2D eigenvalue weighted by molar-refractivity contribution is 0.793. The second-order valence-corrected chi connectivity index (χ2v) is 14.1. The zero-order valence-electron chi connectivity index (χ0n) is 28.5. The zero-order valence-corrected chi connectivity index (χ0v) is 28.5. The lowest BCUT2D eigenvalue weighted by atomic mass is 9.70. The number of para-hydroxylation sites is 1. The summed E-state index contributed by atoms with van der Waals surface area (Å²) in [5.41, 5.74) is 16.1. The van der Waals surface area contributed by atoms with Gasteiger partial charge in [0.25, 0.3) is 0 Å². The van der Waals surface area contributed by atoms with E-state index in [4.69, 9.17) is 0 Å². The number of hydrogen-bond donors (Lipinski definition) is 0. The van der Waals surface area contributed by atoms with E-state index in [1.807, 2.05) is 0 Å². The standard InChI is InChI=1S/C51H33N/c1-2-13-38(14-3-1)52(39-27-24-34(25-28-39)36-26-30-42-37(32-36)23-22-35-12-4-5-15-41(35)42)40-29-31-46-45-18-8-11-21-49(45)51(50(46)33-40)47-19-9-6-16-43(47)44-17-7-10-20-48(44)51/h1-33H. The Hall–Kier alpha value is -6.70. The van der Waals surface area contributed by atoms with Crippen molar-refractivity contribution in [3.05, 3.63) is 222 Å². The van der Waals surface area contributed by atoms with E-state index in [2.05, 4.69) is 205 Å². The molecule has 0 aliphatic heterocycles. The average Bonchev–Trinajstić information content (AvgIpc) is 3.68. The maximum Gasteiger partial charge on any atom is 0.0726 e. The number of benzene rings is 9. The number of nitrogens with zero attached hydrogens (tertiary/aromatic N) is 1. The van der Waals surface area contributed by atoms with Gasteiger partial charge in [-0.1, -0.05) is 158 Å². The first-order valence-corrected chi connectivity index (χ1v) is 18.1. The summed E-state index contributed by atoms with van der Waals surface area (Å²) in [6, 6.07) is 74.0. The maximum atomic E-state index is 2.46. The molecule has 9 aromatic rings. The van der Waals surface area contributed by atoms with Gasteiger partial charge in [0.05, 0.1) is 5.41 Å². The molecule has 0 aromatic heterocycles. The average molecular weight is 660 g/mol. The van der Waals surface area contributed by atoms with Crippen molar-refractivity contribution in [3.63, 3.8) is 0 Å². The quantitative estimate of drug-likeness (QED) is 0.170. The van der Waals surface area contributed by atoms with Crippen LogP contribution in [0.15, 0.2) is 200 Å². The van der Waals surface area contributed by atoms with Gasteiger partial charge in [-0.05, 0) is 120 Å². The summed E-state index contributed by atoms with van der Waals surface area (Å²) in [5, 5.41) is 5.12. The molecule has 1 heteroatoms. The minimum atomic E-state index is -0.386. The predicted molar refractivity (Wildman–Crippen MR) is 218 cm³/mol. The normalized spacial score (nSPS) is 13.2. The van der Waals surface area contributed by atoms with Gasteiger partial charge in [0.1, 0.15) is 0 Å². The summed E-state index contributed by atoms with van der Waals surface area (Å²) in [7, 11) is 0. The molecule has 11 rings (SSSR count). The summed E-state index contributed by atoms with van der Waals surface area (Å²) >= 11 is 0. The number of hydrogen-bond acceptors (Lipinski definition) is 1. The Kier molecular flexibility index (Phi) is 6.23. The van der Waals surface area contributed by atoms with Crippen molar-refractivity contribution in [2.75, 3.05) is 4.90 Å². The molecule has 0 heterocycles. The number of anilines is 3. The van der Waals surface area contributed by atoms with Crippen LogP contribution in [0.3, 0.4) is 0 Å². The Morgan fingerprint density at radius 2 is 0.788 bits per heavy atom. The van der Waals surface area contributed by atoms with E-state index in [-0.39, 0.29) is 5.41 Å². The van der Waals surface area contributed by atoms with Crippen molar-refractivity contribution in [1.82, 2.24) is 0 Å². The molecule has 0 unspecified atom stereocenters. The molecule has 0 saturated heterocycles. The first-order chi connectivity index (χ1) is 25.8. The van der Waals surface area contributed by atoms with Crippen molar-refractivity contribution in [3.8, 4) is 33.4 Å². The SMILES string of the molecule is c1ccc(N(c2ccc(-c3ccc4c(ccc5ccccc54)c3)cc2)c2ccc3c(c2)C2(c4ccccc4-c4ccccc42)c2ccccc2-3)cc1. The molecule has 0 amide bonds. The molecule has 1 spiro atoms. The largest absolute Gasteiger partial charge is 0.310 e. The molecule has 0 fully saturated rings. The van der Waals surface area contributed by atoms with Crippen LogP contribution in [0, 0.1) is 0 Å². The molecule has 2 aliphatic rings. The van der Waals surface area contributed by atoms with Crippen molar-refractivity contribution in [2.24, 2.45) is 0 Å². The number of fused-ring (bicyclic) bond motifs is 13. The van der Waals surface area contributed by atoms with Gasteiger partial charge in [0, 0.05) is 17.1 Å². The fourth-order valence-electron chi connectivity index (χ4n) is 9.24. The molecule has 52 heavy (non-hydrogen) atoms. The van der Waals surface area contributed by atoms with Crippen LogP contribution in [0.2, 0.25) is 0 Å². The van der Waals surface area contributed by atoms with E-state index in [0.717, 1.165) is 17.1 Å². The Morgan fingerprint density at radius 3 is 1.48 bits per heavy atom. The first kappa shape index (κ1) is 29.1. The van der Waals surface area contributed by atoms with E-state index in [1.54, 1.807) is 0 Å². The van der Waals surface area contributed by atoms with Crippen molar-refractivity contribution in [2.45, 2.75) is 5.41 Å². The lowest BCUT2D eigenvalue weighted by Crippen LogP contribution is -2.26. The molecule has 2 aliphatic carbocycles. The highest BCUT2D eigenvalue weighted by Gasteiger charge is 2.51. The van der Waals surface area contributed by atoms with Gasteiger partial charge in [0.2, 0.25) is 0 Å². The van der Waals surface area contributed by atoms with Gasteiger partial charge in [-0.15, -0.1) is 0 Å². The minimum absolute atomic E-state index is 0.386. The Morgan fingerprint density at radius 1 is 0.288 bits per heavy atom. The fraction of sp³-hybridized carbons (Fsp3) is 0.0196. The van der Waals surface area contributed by atoms with Crippen molar-refractivity contribution in [1.29, 1.82) is 0 Å². The third kappa shape index (κ3) is 4.05. The Labute approximate surface area is 303 Å². The Balaban J connectivity index is 1.07. The van der Waals surface area contributed by atoms with E-state index in [1.165, 1.54) is 77.2 Å². The van der Waals surface area contributed by atoms with E-state index < -0.39 is 0 Å². The summed E-state index contributed by atoms with van der Waals surface area (Å²) in [6.07, 6.45) is 0. The van der Waals surface area contributed by atoms with Crippen LogP contribution in [-0.4, -0.2) is 0 Å². The van der Waals surface area contributed by atoms with Crippen LogP contribution >= 0.6 is 0 Å². The molecule has 0 bridgehead atoms. The van der Waals surface area contributed by atoms with Crippen LogP contribution in [0.25, 0.3) is 54.9 Å². The topological polar surface area (TPSA) is 3.24 Å². The summed E-state index contributed by atoms with van der Waals surface area (Å²) in [4.78, 5) is 2.40. The highest BCUT2D eigenvalue weighted by Crippen LogP contribution is 2.63. The summed E-state index contributed by atoms with van der Waals surface area (Å²) < 4.78 is 0. The van der Waals surface area contributed by atoms with Crippen LogP contribution in [0.4, 0.5) is 17.1 Å². The van der Waals surface area contributed by atoms with Crippen LogP contribution in [0.1, 0.15) is 22.3 Å². The van der Waals surface area contributed by atoms with Gasteiger partial charge in [-0.25, -0.2) is 0 Å². The van der Waals surface area contributed by atoms with Gasteiger partial charge in [0.15, 0.2) is 0 Å². The summed E-state index contributed by atoms with van der Waals surface area (Å²) in [6.45, 7) is 0. The van der Waals surface area contributed by atoms with Gasteiger partial charge >= 0.3 is 0 Å². The molecule has 0 radical (unpaired) electrons. The fourth-order valence-corrected chi connectivity index (χ4v) is 9.24. The van der Waals surface area contributed by atoms with Crippen LogP contribution in [0.5, 0.6) is 0 Å². The third-order valence-corrected chi connectivity index (χ3v) is 11.5. The molecule has 1 nitrogen and oxygen atoms in total. The smallest absolute Gasteiger partial charge is 0.0726 e. The van der Waals surface area contributed by atoms with Crippen molar-refractivity contribution < 1.29 is 0 Å². The molecular weight excluding hydrogens is 627 g/mol. The molecule has 0 atom stereocenters. The summed E-state index contributed by atoms with van der Waals surface area (Å²) in [5.74, 6) is 0. The molecule has 0 N–H and O–H groups in total. The van der Waals surface area contributed by atoms with E-state index in [9.17, 15) is 0 Å². The molecule has 0 saturated carbocycles. The van der Waals surface area contributed by atoms with E-state index in [0.29, 0.717) is 0 Å². The highest BCUT2D eigenvalue weighted by molar-refractivity contribution is 6.08. The Bertz CT molecular complexity index is 2780. The maximum absolute atomic E-state index is 2.46. The third-order valence-electron chi connectivity index (χ3n) is 11.5. The van der Waals surface area contributed by atoms with Gasteiger partial charge < -0.3 is 4.90 Å². The molecule has 242 valence electrons. The van der Waals surface area contributed by atoms with Gasteiger partial charge in [-0.3, -0.25) is 0 Å². The van der Waals surface area contributed by atoms with Crippen molar-refractivity contribution >= 4 is 38.6 Å². The highest BCUT2D eigenvalue weighted by atomic mass is 15.1. The molecule has 9 aromatic carbocycles.